The summed E-state index contributed by atoms with van der Waals surface area (Å²) in [6.45, 7) is 4.26. The molecule has 0 radical (unpaired) electrons. The normalized spacial score (nSPS) is 17.3. The summed E-state index contributed by atoms with van der Waals surface area (Å²) in [7, 11) is 0. The van der Waals surface area contributed by atoms with Crippen molar-refractivity contribution in [2.75, 3.05) is 26.0 Å². The first-order chi connectivity index (χ1) is 8.14. The van der Waals surface area contributed by atoms with Crippen molar-refractivity contribution < 1.29 is 9.53 Å². The molecule has 1 N–H and O–H groups in total. The van der Waals surface area contributed by atoms with Gasteiger partial charge in [-0.3, -0.25) is 4.79 Å². The molecule has 4 heteroatoms. The van der Waals surface area contributed by atoms with E-state index in [0.717, 1.165) is 23.7 Å². The lowest BCUT2D eigenvalue weighted by Gasteiger charge is -2.38. The van der Waals surface area contributed by atoms with Crippen LogP contribution in [0.25, 0.3) is 0 Å². The lowest BCUT2D eigenvalue weighted by atomic mass is 9.88. The van der Waals surface area contributed by atoms with Crippen LogP contribution >= 0.6 is 11.8 Å². The number of hydrogen-bond acceptors (Lipinski definition) is 3. The first-order valence-corrected chi connectivity index (χ1v) is 6.86. The maximum atomic E-state index is 12.0. The van der Waals surface area contributed by atoms with Crippen LogP contribution in [0.4, 0.5) is 0 Å². The zero-order valence-electron chi connectivity index (χ0n) is 10.2. The van der Waals surface area contributed by atoms with E-state index in [1.807, 2.05) is 30.5 Å². The van der Waals surface area contributed by atoms with Crippen LogP contribution < -0.4 is 5.32 Å². The molecule has 0 aromatic heterocycles. The maximum absolute atomic E-state index is 12.0. The molecule has 0 spiro atoms. The SMILES string of the molecule is CSc1ccccc1C(=O)NCC1(C)COC1. The zero-order chi connectivity index (χ0) is 12.3. The molecule has 1 saturated heterocycles. The molecular weight excluding hydrogens is 234 g/mol. The average molecular weight is 251 g/mol. The molecular formula is C13H17NO2S. The second kappa shape index (κ2) is 5.10. The van der Waals surface area contributed by atoms with E-state index in [2.05, 4.69) is 12.2 Å². The first-order valence-electron chi connectivity index (χ1n) is 5.64. The lowest BCUT2D eigenvalue weighted by Crippen LogP contribution is -2.48. The number of carbonyl (C=O) groups excluding carboxylic acids is 1. The van der Waals surface area contributed by atoms with Crippen molar-refractivity contribution in [1.82, 2.24) is 5.32 Å². The van der Waals surface area contributed by atoms with Crippen molar-refractivity contribution >= 4 is 17.7 Å². The van der Waals surface area contributed by atoms with Crippen molar-refractivity contribution in [1.29, 1.82) is 0 Å². The molecule has 0 saturated carbocycles. The third kappa shape index (κ3) is 2.82. The molecule has 0 atom stereocenters. The van der Waals surface area contributed by atoms with Crippen LogP contribution in [0.15, 0.2) is 29.2 Å². The summed E-state index contributed by atoms with van der Waals surface area (Å²) in [5.74, 6) is 0.00285. The van der Waals surface area contributed by atoms with E-state index < -0.39 is 0 Å². The summed E-state index contributed by atoms with van der Waals surface area (Å²) in [5, 5.41) is 2.98. The number of thioether (sulfide) groups is 1. The molecule has 1 fully saturated rings. The molecule has 92 valence electrons. The van der Waals surface area contributed by atoms with Gasteiger partial charge in [-0.15, -0.1) is 11.8 Å². The summed E-state index contributed by atoms with van der Waals surface area (Å²) in [5.41, 5.74) is 0.869. The average Bonchev–Trinajstić information content (AvgIpc) is 2.33. The molecule has 1 aromatic carbocycles. The fourth-order valence-electron chi connectivity index (χ4n) is 1.77. The third-order valence-electron chi connectivity index (χ3n) is 2.93. The molecule has 1 heterocycles. The Labute approximate surface area is 106 Å². The van der Waals surface area contributed by atoms with Gasteiger partial charge in [0.2, 0.25) is 0 Å². The van der Waals surface area contributed by atoms with Crippen LogP contribution in [0.3, 0.4) is 0 Å². The minimum Gasteiger partial charge on any atom is -0.380 e. The Kier molecular flexibility index (Phi) is 3.74. The van der Waals surface area contributed by atoms with Crippen molar-refractivity contribution in [2.45, 2.75) is 11.8 Å². The second-order valence-electron chi connectivity index (χ2n) is 4.69. The van der Waals surface area contributed by atoms with E-state index in [-0.39, 0.29) is 11.3 Å². The zero-order valence-corrected chi connectivity index (χ0v) is 11.0. The number of hydrogen-bond donors (Lipinski definition) is 1. The van der Waals surface area contributed by atoms with E-state index in [4.69, 9.17) is 4.74 Å². The summed E-state index contributed by atoms with van der Waals surface area (Å²) >= 11 is 1.59. The Morgan fingerprint density at radius 3 is 2.76 bits per heavy atom. The maximum Gasteiger partial charge on any atom is 0.252 e. The van der Waals surface area contributed by atoms with Gasteiger partial charge in [-0.05, 0) is 18.4 Å². The first kappa shape index (κ1) is 12.5. The van der Waals surface area contributed by atoms with Gasteiger partial charge in [0.05, 0.1) is 18.8 Å². The predicted octanol–water partition coefficient (Wildman–Crippen LogP) is 2.17. The standard InChI is InChI=1S/C13H17NO2S/c1-13(8-16-9-13)7-14-12(15)10-5-3-4-6-11(10)17-2/h3-6H,7-9H2,1-2H3,(H,14,15). The van der Waals surface area contributed by atoms with Gasteiger partial charge in [0, 0.05) is 16.9 Å². The number of amides is 1. The fourth-order valence-corrected chi connectivity index (χ4v) is 2.37. The fraction of sp³-hybridized carbons (Fsp3) is 0.462. The highest BCUT2D eigenvalue weighted by Gasteiger charge is 2.33. The Morgan fingerprint density at radius 2 is 2.18 bits per heavy atom. The number of ether oxygens (including phenoxy) is 1. The molecule has 0 aliphatic carbocycles. The minimum absolute atomic E-state index is 0.00285. The van der Waals surface area contributed by atoms with Crippen LogP contribution in [0.1, 0.15) is 17.3 Å². The smallest absolute Gasteiger partial charge is 0.252 e. The highest BCUT2D eigenvalue weighted by atomic mass is 32.2. The summed E-state index contributed by atoms with van der Waals surface area (Å²) in [4.78, 5) is 13.1. The van der Waals surface area contributed by atoms with Gasteiger partial charge in [0.25, 0.3) is 5.91 Å². The van der Waals surface area contributed by atoms with Gasteiger partial charge < -0.3 is 10.1 Å². The summed E-state index contributed by atoms with van der Waals surface area (Å²) in [6, 6.07) is 7.67. The van der Waals surface area contributed by atoms with E-state index in [0.29, 0.717) is 6.54 Å². The van der Waals surface area contributed by atoms with E-state index in [1.54, 1.807) is 11.8 Å². The van der Waals surface area contributed by atoms with Gasteiger partial charge >= 0.3 is 0 Å². The Bertz CT molecular complexity index is 416. The molecule has 0 unspecified atom stereocenters. The van der Waals surface area contributed by atoms with Gasteiger partial charge in [0.1, 0.15) is 0 Å². The number of benzene rings is 1. The van der Waals surface area contributed by atoms with E-state index in [1.165, 1.54) is 0 Å². The van der Waals surface area contributed by atoms with Crippen molar-refractivity contribution in [2.24, 2.45) is 5.41 Å². The molecule has 17 heavy (non-hydrogen) atoms. The van der Waals surface area contributed by atoms with E-state index in [9.17, 15) is 4.79 Å². The summed E-state index contributed by atoms with van der Waals surface area (Å²) < 4.78 is 5.17. The highest BCUT2D eigenvalue weighted by molar-refractivity contribution is 7.98. The van der Waals surface area contributed by atoms with Crippen LogP contribution in [-0.2, 0) is 4.74 Å². The lowest BCUT2D eigenvalue weighted by molar-refractivity contribution is -0.0978. The van der Waals surface area contributed by atoms with Gasteiger partial charge in [-0.2, -0.15) is 0 Å². The predicted molar refractivity (Wildman–Crippen MR) is 69.5 cm³/mol. The number of carbonyl (C=O) groups is 1. The number of rotatable bonds is 4. The van der Waals surface area contributed by atoms with Crippen LogP contribution in [0, 0.1) is 5.41 Å². The molecule has 2 rings (SSSR count). The van der Waals surface area contributed by atoms with Crippen LogP contribution in [0.5, 0.6) is 0 Å². The minimum atomic E-state index is 0.00285. The number of nitrogens with one attached hydrogen (secondary N) is 1. The second-order valence-corrected chi connectivity index (χ2v) is 5.53. The van der Waals surface area contributed by atoms with Gasteiger partial charge in [0.15, 0.2) is 0 Å². The van der Waals surface area contributed by atoms with E-state index >= 15 is 0 Å². The molecule has 1 amide bonds. The Morgan fingerprint density at radius 1 is 1.47 bits per heavy atom. The van der Waals surface area contributed by atoms with Gasteiger partial charge in [-0.25, -0.2) is 0 Å². The molecule has 3 nitrogen and oxygen atoms in total. The Balaban J connectivity index is 1.99. The molecule has 1 aliphatic rings. The monoisotopic (exact) mass is 251 g/mol. The summed E-state index contributed by atoms with van der Waals surface area (Å²) in [6.07, 6.45) is 1.98. The highest BCUT2D eigenvalue weighted by Crippen LogP contribution is 2.25. The van der Waals surface area contributed by atoms with Crippen molar-refractivity contribution in [3.63, 3.8) is 0 Å². The Hall–Kier alpha value is -1.00. The third-order valence-corrected chi connectivity index (χ3v) is 3.72. The molecule has 1 aliphatic heterocycles. The largest absolute Gasteiger partial charge is 0.380 e. The topological polar surface area (TPSA) is 38.3 Å². The molecule has 0 bridgehead atoms. The van der Waals surface area contributed by atoms with Crippen molar-refractivity contribution in [3.8, 4) is 0 Å². The molecule has 1 aromatic rings. The van der Waals surface area contributed by atoms with Gasteiger partial charge in [-0.1, -0.05) is 19.1 Å². The van der Waals surface area contributed by atoms with Crippen LogP contribution in [0.2, 0.25) is 0 Å². The quantitative estimate of drug-likeness (QED) is 0.834. The van der Waals surface area contributed by atoms with Crippen LogP contribution in [-0.4, -0.2) is 31.9 Å². The van der Waals surface area contributed by atoms with Crippen molar-refractivity contribution in [3.05, 3.63) is 29.8 Å².